The zero-order valence-corrected chi connectivity index (χ0v) is 16.7. The zero-order chi connectivity index (χ0) is 21.7. The number of benzene rings is 2. The van der Waals surface area contributed by atoms with Crippen molar-refractivity contribution < 1.29 is 9.90 Å². The van der Waals surface area contributed by atoms with Gasteiger partial charge in [0.25, 0.3) is 5.91 Å². The molecule has 1 aromatic heterocycles. The smallest absolute Gasteiger partial charge is 0.251 e. The van der Waals surface area contributed by atoms with Gasteiger partial charge in [-0.1, -0.05) is 19.6 Å². The molecule has 6 heteroatoms. The molecule has 0 saturated heterocycles. The molecular formula is C25H24N4O2. The van der Waals surface area contributed by atoms with Gasteiger partial charge < -0.3 is 10.4 Å². The molecule has 0 bridgehead atoms. The number of hydrogen-bond acceptors (Lipinski definition) is 5. The van der Waals surface area contributed by atoms with Crippen molar-refractivity contribution in [3.05, 3.63) is 77.1 Å². The van der Waals surface area contributed by atoms with Gasteiger partial charge in [0, 0.05) is 29.6 Å². The molecule has 0 aliphatic rings. The molecule has 0 unspecified atom stereocenters. The molecular weight excluding hydrogens is 388 g/mol. The maximum absolute atomic E-state index is 12.8. The van der Waals surface area contributed by atoms with Crippen LogP contribution < -0.4 is 5.32 Å². The van der Waals surface area contributed by atoms with Crippen LogP contribution in [0.4, 0.5) is 0 Å². The fourth-order valence-electron chi connectivity index (χ4n) is 3.15. The van der Waals surface area contributed by atoms with Crippen molar-refractivity contribution in [1.29, 1.82) is 10.5 Å². The Labute approximate surface area is 182 Å². The third-order valence-corrected chi connectivity index (χ3v) is 4.71. The van der Waals surface area contributed by atoms with Gasteiger partial charge in [-0.2, -0.15) is 10.5 Å². The van der Waals surface area contributed by atoms with Crippen molar-refractivity contribution in [3.8, 4) is 34.4 Å². The second kappa shape index (κ2) is 10.2. The molecule has 156 valence electrons. The number of hydrogen-bond donors (Lipinski definition) is 2. The first-order valence-corrected chi connectivity index (χ1v) is 9.39. The standard InChI is InChI=1S/C24H20N4O2.CH4/c1-15-3-4-22(21(7-15)12-26)18-8-19(23-13-27-6-5-17(23)11-25)10-20(9-18)24(30)28-16(2)14-29;/h3-10,13,16,29H,14H2,1-2H3,(H,28,30);1H4/t16-;/m0./s1. The van der Waals surface area contributed by atoms with Crippen molar-refractivity contribution in [2.45, 2.75) is 27.3 Å². The minimum absolute atomic E-state index is 0. The first-order chi connectivity index (χ1) is 14.5. The second-order valence-corrected chi connectivity index (χ2v) is 7.05. The Hall–Kier alpha value is -4.00. The summed E-state index contributed by atoms with van der Waals surface area (Å²) >= 11 is 0. The lowest BCUT2D eigenvalue weighted by Crippen LogP contribution is -2.35. The van der Waals surface area contributed by atoms with Crippen molar-refractivity contribution >= 4 is 5.91 Å². The Bertz CT molecular complexity index is 1190. The molecule has 0 aliphatic carbocycles. The lowest BCUT2D eigenvalue weighted by atomic mass is 9.92. The molecule has 3 rings (SSSR count). The van der Waals surface area contributed by atoms with Crippen LogP contribution in [0.1, 0.15) is 41.4 Å². The van der Waals surface area contributed by atoms with Crippen LogP contribution in [0, 0.1) is 29.6 Å². The van der Waals surface area contributed by atoms with Gasteiger partial charge in [0.05, 0.1) is 29.9 Å². The topological polar surface area (TPSA) is 110 Å². The SMILES string of the molecule is C.Cc1ccc(-c2cc(C(=O)N[C@@H](C)CO)cc(-c3cnccc3C#N)c2)c(C#N)c1. The van der Waals surface area contributed by atoms with Crippen LogP contribution in [0.15, 0.2) is 54.9 Å². The van der Waals surface area contributed by atoms with E-state index in [1.807, 2.05) is 25.1 Å². The fourth-order valence-corrected chi connectivity index (χ4v) is 3.15. The fraction of sp³-hybridized carbons (Fsp3) is 0.200. The van der Waals surface area contributed by atoms with Crippen LogP contribution in [-0.2, 0) is 0 Å². The summed E-state index contributed by atoms with van der Waals surface area (Å²) in [5.41, 5.74) is 4.85. The monoisotopic (exact) mass is 412 g/mol. The number of aliphatic hydroxyl groups excluding tert-OH is 1. The van der Waals surface area contributed by atoms with Crippen LogP contribution in [0.3, 0.4) is 0 Å². The number of carbonyl (C=O) groups is 1. The summed E-state index contributed by atoms with van der Waals surface area (Å²) in [4.78, 5) is 16.9. The van der Waals surface area contributed by atoms with Gasteiger partial charge in [-0.05, 0) is 66.4 Å². The number of nitrogens with zero attached hydrogens (tertiary/aromatic N) is 3. The molecule has 2 aromatic carbocycles. The van der Waals surface area contributed by atoms with Crippen LogP contribution in [0.25, 0.3) is 22.3 Å². The highest BCUT2D eigenvalue weighted by Crippen LogP contribution is 2.32. The minimum Gasteiger partial charge on any atom is -0.394 e. The average molecular weight is 412 g/mol. The first-order valence-electron chi connectivity index (χ1n) is 9.39. The molecule has 1 atom stereocenters. The molecule has 1 heterocycles. The lowest BCUT2D eigenvalue weighted by Gasteiger charge is -2.15. The summed E-state index contributed by atoms with van der Waals surface area (Å²) in [5.74, 6) is -0.354. The number of amides is 1. The molecule has 3 aromatic rings. The van der Waals surface area contributed by atoms with Crippen molar-refractivity contribution in [3.63, 3.8) is 0 Å². The van der Waals surface area contributed by atoms with Gasteiger partial charge in [-0.15, -0.1) is 0 Å². The van der Waals surface area contributed by atoms with Crippen molar-refractivity contribution in [2.75, 3.05) is 6.61 Å². The summed E-state index contributed by atoms with van der Waals surface area (Å²) in [6.07, 6.45) is 3.12. The number of aryl methyl sites for hydroxylation is 1. The summed E-state index contributed by atoms with van der Waals surface area (Å²) in [7, 11) is 0. The largest absolute Gasteiger partial charge is 0.394 e. The highest BCUT2D eigenvalue weighted by Gasteiger charge is 2.16. The van der Waals surface area contributed by atoms with E-state index >= 15 is 0 Å². The van der Waals surface area contributed by atoms with Gasteiger partial charge in [-0.25, -0.2) is 0 Å². The minimum atomic E-state index is -0.410. The van der Waals surface area contributed by atoms with E-state index in [1.165, 1.54) is 6.20 Å². The molecule has 31 heavy (non-hydrogen) atoms. The van der Waals surface area contributed by atoms with Crippen molar-refractivity contribution in [2.24, 2.45) is 0 Å². The quantitative estimate of drug-likeness (QED) is 0.652. The van der Waals surface area contributed by atoms with E-state index in [4.69, 9.17) is 0 Å². The van der Waals surface area contributed by atoms with Gasteiger partial charge in [0.15, 0.2) is 0 Å². The molecule has 0 aliphatic heterocycles. The molecule has 0 radical (unpaired) electrons. The van der Waals surface area contributed by atoms with Crippen LogP contribution in [-0.4, -0.2) is 28.6 Å². The third kappa shape index (κ3) is 5.14. The summed E-state index contributed by atoms with van der Waals surface area (Å²) in [6.45, 7) is 3.42. The predicted molar refractivity (Wildman–Crippen MR) is 120 cm³/mol. The molecule has 0 spiro atoms. The Kier molecular flexibility index (Phi) is 7.63. The van der Waals surface area contributed by atoms with E-state index in [-0.39, 0.29) is 19.9 Å². The number of nitrogens with one attached hydrogen (secondary N) is 1. The number of aliphatic hydroxyl groups is 1. The van der Waals surface area contributed by atoms with E-state index in [9.17, 15) is 20.4 Å². The van der Waals surface area contributed by atoms with Crippen LogP contribution in [0.2, 0.25) is 0 Å². The van der Waals surface area contributed by atoms with Gasteiger partial charge in [0.1, 0.15) is 0 Å². The Balaban J connectivity index is 0.00000341. The van der Waals surface area contributed by atoms with E-state index in [1.54, 1.807) is 37.4 Å². The normalized spacial score (nSPS) is 10.9. The number of nitriles is 2. The van der Waals surface area contributed by atoms with E-state index in [2.05, 4.69) is 22.4 Å². The number of carbonyl (C=O) groups excluding carboxylic acids is 1. The van der Waals surface area contributed by atoms with Crippen LogP contribution in [0.5, 0.6) is 0 Å². The molecule has 0 fully saturated rings. The summed E-state index contributed by atoms with van der Waals surface area (Å²) < 4.78 is 0. The number of rotatable bonds is 5. The number of aromatic nitrogens is 1. The van der Waals surface area contributed by atoms with E-state index in [0.29, 0.717) is 38.9 Å². The maximum Gasteiger partial charge on any atom is 0.251 e. The Morgan fingerprint density at radius 3 is 2.39 bits per heavy atom. The first kappa shape index (κ1) is 23.3. The Morgan fingerprint density at radius 2 is 1.74 bits per heavy atom. The average Bonchev–Trinajstić information content (AvgIpc) is 2.78. The third-order valence-electron chi connectivity index (χ3n) is 4.71. The highest BCUT2D eigenvalue weighted by atomic mass is 16.3. The molecule has 1 amide bonds. The Morgan fingerprint density at radius 1 is 1.06 bits per heavy atom. The zero-order valence-electron chi connectivity index (χ0n) is 16.7. The van der Waals surface area contributed by atoms with Crippen LogP contribution >= 0.6 is 0 Å². The predicted octanol–water partition coefficient (Wildman–Crippen LogP) is 4.21. The lowest BCUT2D eigenvalue weighted by molar-refractivity contribution is 0.0922. The second-order valence-electron chi connectivity index (χ2n) is 7.05. The van der Waals surface area contributed by atoms with Gasteiger partial charge >= 0.3 is 0 Å². The number of pyridine rings is 1. The van der Waals surface area contributed by atoms with Gasteiger partial charge in [-0.3, -0.25) is 9.78 Å². The molecule has 0 saturated carbocycles. The van der Waals surface area contributed by atoms with E-state index in [0.717, 1.165) is 5.56 Å². The summed E-state index contributed by atoms with van der Waals surface area (Å²) in [6, 6.07) is 16.3. The van der Waals surface area contributed by atoms with E-state index < -0.39 is 6.04 Å². The van der Waals surface area contributed by atoms with Crippen molar-refractivity contribution in [1.82, 2.24) is 10.3 Å². The highest BCUT2D eigenvalue weighted by molar-refractivity contribution is 5.98. The maximum atomic E-state index is 12.8. The summed E-state index contributed by atoms with van der Waals surface area (Å²) in [5, 5.41) is 31.1. The molecule has 2 N–H and O–H groups in total. The van der Waals surface area contributed by atoms with Gasteiger partial charge in [0.2, 0.25) is 0 Å². The molecule has 6 nitrogen and oxygen atoms in total.